The minimum Gasteiger partial charge on any atom is -0.318 e. The zero-order valence-corrected chi connectivity index (χ0v) is 14.2. The maximum absolute atomic E-state index is 12.7. The highest BCUT2D eigenvalue weighted by atomic mass is 35.5. The minimum atomic E-state index is -1.22. The standard InChI is InChI=1S/C18H16ClN3O3/c1-18(13-5-3-2-4-6-13)16(24)22(17(25)20-18)21-15(23)11-12-7-9-14(19)10-8-12/h2-10H,11H2,1H3,(H,20,25)(H,21,23)/t18-/m1/s1. The summed E-state index contributed by atoms with van der Waals surface area (Å²) in [6, 6.07) is 15.0. The third-order valence-electron chi connectivity index (χ3n) is 4.06. The van der Waals surface area contributed by atoms with Crippen LogP contribution in [0.25, 0.3) is 0 Å². The van der Waals surface area contributed by atoms with E-state index in [2.05, 4.69) is 10.7 Å². The van der Waals surface area contributed by atoms with Crippen molar-refractivity contribution in [1.29, 1.82) is 0 Å². The van der Waals surface area contributed by atoms with Crippen molar-refractivity contribution in [2.75, 3.05) is 0 Å². The van der Waals surface area contributed by atoms with Crippen LogP contribution in [-0.4, -0.2) is 22.9 Å². The van der Waals surface area contributed by atoms with E-state index in [1.165, 1.54) is 0 Å². The molecule has 1 fully saturated rings. The van der Waals surface area contributed by atoms with Crippen LogP contribution in [0, 0.1) is 0 Å². The van der Waals surface area contributed by atoms with Gasteiger partial charge in [0.05, 0.1) is 6.42 Å². The predicted molar refractivity (Wildman–Crippen MR) is 92.5 cm³/mol. The minimum absolute atomic E-state index is 0.0241. The number of nitrogens with zero attached hydrogens (tertiary/aromatic N) is 1. The predicted octanol–water partition coefficient (Wildman–Crippen LogP) is 2.38. The van der Waals surface area contributed by atoms with Gasteiger partial charge in [-0.3, -0.25) is 15.0 Å². The zero-order valence-electron chi connectivity index (χ0n) is 13.5. The Bertz CT molecular complexity index is 823. The molecule has 0 saturated carbocycles. The Morgan fingerprint density at radius 2 is 1.76 bits per heavy atom. The van der Waals surface area contributed by atoms with Gasteiger partial charge in [-0.2, -0.15) is 5.01 Å². The fraction of sp³-hybridized carbons (Fsp3) is 0.167. The number of amides is 4. The van der Waals surface area contributed by atoms with Gasteiger partial charge in [0.2, 0.25) is 5.91 Å². The van der Waals surface area contributed by atoms with Crippen molar-refractivity contribution in [3.8, 4) is 0 Å². The second-order valence-corrected chi connectivity index (χ2v) is 6.34. The van der Waals surface area contributed by atoms with Crippen LogP contribution in [0.3, 0.4) is 0 Å². The second kappa shape index (κ2) is 6.57. The van der Waals surface area contributed by atoms with Crippen molar-refractivity contribution in [3.63, 3.8) is 0 Å². The van der Waals surface area contributed by atoms with Crippen molar-refractivity contribution >= 4 is 29.4 Å². The fourth-order valence-corrected chi connectivity index (χ4v) is 2.79. The molecule has 2 aromatic carbocycles. The Labute approximate surface area is 149 Å². The Morgan fingerprint density at radius 1 is 1.12 bits per heavy atom. The van der Waals surface area contributed by atoms with Gasteiger partial charge in [-0.25, -0.2) is 4.79 Å². The normalized spacial score (nSPS) is 19.7. The van der Waals surface area contributed by atoms with Crippen LogP contribution in [0.15, 0.2) is 54.6 Å². The van der Waals surface area contributed by atoms with Gasteiger partial charge >= 0.3 is 6.03 Å². The summed E-state index contributed by atoms with van der Waals surface area (Å²) >= 11 is 5.81. The van der Waals surface area contributed by atoms with Crippen molar-refractivity contribution in [3.05, 3.63) is 70.7 Å². The molecule has 2 aromatic rings. The summed E-state index contributed by atoms with van der Waals surface area (Å²) < 4.78 is 0. The van der Waals surface area contributed by atoms with Crippen LogP contribution < -0.4 is 10.7 Å². The number of benzene rings is 2. The van der Waals surface area contributed by atoms with Gasteiger partial charge in [0.15, 0.2) is 0 Å². The van der Waals surface area contributed by atoms with Crippen LogP contribution in [0.5, 0.6) is 0 Å². The molecule has 1 aliphatic heterocycles. The average Bonchev–Trinajstić information content (AvgIpc) is 2.82. The number of rotatable bonds is 4. The molecular formula is C18H16ClN3O3. The SMILES string of the molecule is C[C@]1(c2ccccc2)NC(=O)N(NC(=O)Cc2ccc(Cl)cc2)C1=O. The first kappa shape index (κ1) is 17.0. The van der Waals surface area contributed by atoms with E-state index in [0.717, 1.165) is 10.6 Å². The third kappa shape index (κ3) is 3.34. The summed E-state index contributed by atoms with van der Waals surface area (Å²) in [5.41, 5.74) is 2.51. The Hall–Kier alpha value is -2.86. The molecule has 2 N–H and O–H groups in total. The smallest absolute Gasteiger partial charge is 0.318 e. The number of carbonyl (C=O) groups is 3. The molecule has 1 atom stereocenters. The first-order valence-corrected chi connectivity index (χ1v) is 8.04. The van der Waals surface area contributed by atoms with E-state index in [4.69, 9.17) is 11.6 Å². The van der Waals surface area contributed by atoms with E-state index < -0.39 is 23.4 Å². The summed E-state index contributed by atoms with van der Waals surface area (Å²) in [5.74, 6) is -1.00. The van der Waals surface area contributed by atoms with Gasteiger partial charge < -0.3 is 5.32 Å². The van der Waals surface area contributed by atoms with Crippen molar-refractivity contribution < 1.29 is 14.4 Å². The lowest BCUT2D eigenvalue weighted by Crippen LogP contribution is -2.48. The first-order chi connectivity index (χ1) is 11.9. The van der Waals surface area contributed by atoms with Crippen LogP contribution in [0.2, 0.25) is 5.02 Å². The highest BCUT2D eigenvalue weighted by molar-refractivity contribution is 6.30. The lowest BCUT2D eigenvalue weighted by Gasteiger charge is -2.22. The summed E-state index contributed by atoms with van der Waals surface area (Å²) in [4.78, 5) is 37.0. The lowest BCUT2D eigenvalue weighted by molar-refractivity contribution is -0.138. The van der Waals surface area contributed by atoms with Gasteiger partial charge in [0.25, 0.3) is 5.91 Å². The van der Waals surface area contributed by atoms with Crippen LogP contribution in [0.4, 0.5) is 4.79 Å². The largest absolute Gasteiger partial charge is 0.344 e. The van der Waals surface area contributed by atoms with E-state index in [0.29, 0.717) is 10.6 Å². The molecule has 25 heavy (non-hydrogen) atoms. The summed E-state index contributed by atoms with van der Waals surface area (Å²) in [6.07, 6.45) is 0.0241. The highest BCUT2D eigenvalue weighted by Gasteiger charge is 2.49. The molecule has 1 saturated heterocycles. The van der Waals surface area contributed by atoms with Crippen LogP contribution in [-0.2, 0) is 21.5 Å². The molecule has 0 aromatic heterocycles. The van der Waals surface area contributed by atoms with Crippen molar-refractivity contribution in [2.24, 2.45) is 0 Å². The topological polar surface area (TPSA) is 78.5 Å². The molecule has 0 aliphatic carbocycles. The molecule has 1 heterocycles. The molecule has 1 aliphatic rings. The molecule has 3 rings (SSSR count). The monoisotopic (exact) mass is 357 g/mol. The molecule has 0 radical (unpaired) electrons. The Kier molecular flexibility index (Phi) is 4.46. The van der Waals surface area contributed by atoms with E-state index in [1.807, 2.05) is 6.07 Å². The summed E-state index contributed by atoms with van der Waals surface area (Å²) in [6.45, 7) is 1.61. The van der Waals surface area contributed by atoms with E-state index in [1.54, 1.807) is 55.5 Å². The average molecular weight is 358 g/mol. The van der Waals surface area contributed by atoms with Crippen molar-refractivity contribution in [2.45, 2.75) is 18.9 Å². The molecule has 0 bridgehead atoms. The number of hydrazine groups is 1. The van der Waals surface area contributed by atoms with Gasteiger partial charge in [-0.15, -0.1) is 0 Å². The molecule has 0 unspecified atom stereocenters. The number of carbonyl (C=O) groups excluding carboxylic acids is 3. The number of hydrogen-bond acceptors (Lipinski definition) is 3. The molecular weight excluding hydrogens is 342 g/mol. The number of nitrogens with one attached hydrogen (secondary N) is 2. The van der Waals surface area contributed by atoms with Crippen molar-refractivity contribution in [1.82, 2.24) is 15.8 Å². The first-order valence-electron chi connectivity index (χ1n) is 7.66. The number of imide groups is 1. The summed E-state index contributed by atoms with van der Waals surface area (Å²) in [7, 11) is 0. The van der Waals surface area contributed by atoms with Gasteiger partial charge in [-0.05, 0) is 30.2 Å². The summed E-state index contributed by atoms with van der Waals surface area (Å²) in [5, 5.41) is 3.92. The third-order valence-corrected chi connectivity index (χ3v) is 4.31. The van der Waals surface area contributed by atoms with Gasteiger partial charge in [0, 0.05) is 5.02 Å². The number of hydrogen-bond donors (Lipinski definition) is 2. The zero-order chi connectivity index (χ0) is 18.0. The number of urea groups is 1. The van der Waals surface area contributed by atoms with E-state index >= 15 is 0 Å². The quantitative estimate of drug-likeness (QED) is 0.825. The maximum atomic E-state index is 12.7. The molecule has 0 spiro atoms. The maximum Gasteiger partial charge on any atom is 0.344 e. The van der Waals surface area contributed by atoms with E-state index in [9.17, 15) is 14.4 Å². The molecule has 6 nitrogen and oxygen atoms in total. The van der Waals surface area contributed by atoms with Crippen LogP contribution >= 0.6 is 11.6 Å². The van der Waals surface area contributed by atoms with Gasteiger partial charge in [-0.1, -0.05) is 54.1 Å². The fourth-order valence-electron chi connectivity index (χ4n) is 2.66. The highest BCUT2D eigenvalue weighted by Crippen LogP contribution is 2.27. The molecule has 4 amide bonds. The van der Waals surface area contributed by atoms with E-state index in [-0.39, 0.29) is 6.42 Å². The van der Waals surface area contributed by atoms with Crippen LogP contribution in [0.1, 0.15) is 18.1 Å². The molecule has 128 valence electrons. The number of halogens is 1. The molecule has 7 heteroatoms. The lowest BCUT2D eigenvalue weighted by atomic mass is 9.92. The Balaban J connectivity index is 1.72. The Morgan fingerprint density at radius 3 is 2.40 bits per heavy atom. The van der Waals surface area contributed by atoms with Gasteiger partial charge in [0.1, 0.15) is 5.54 Å². The second-order valence-electron chi connectivity index (χ2n) is 5.90.